The van der Waals surface area contributed by atoms with Gasteiger partial charge in [-0.15, -0.1) is 0 Å². The number of nitrogens with zero attached hydrogens (tertiary/aromatic N) is 2. The number of benzene rings is 1. The lowest BCUT2D eigenvalue weighted by molar-refractivity contribution is -0.115. The molecule has 31 heavy (non-hydrogen) atoms. The van der Waals surface area contributed by atoms with Crippen molar-refractivity contribution in [1.82, 2.24) is 14.6 Å². The summed E-state index contributed by atoms with van der Waals surface area (Å²) in [4.78, 5) is 16.7. The molecule has 1 aliphatic rings. The van der Waals surface area contributed by atoms with Crippen molar-refractivity contribution in [2.24, 2.45) is 0 Å². The smallest absolute Gasteiger partial charge is 0.263 e. The van der Waals surface area contributed by atoms with Gasteiger partial charge in [0, 0.05) is 43.5 Å². The number of hydrogen-bond donors (Lipinski definition) is 1. The normalized spacial score (nSPS) is 15.4. The number of hydrogen-bond acceptors (Lipinski definition) is 7. The van der Waals surface area contributed by atoms with Crippen LogP contribution in [0.2, 0.25) is 0 Å². The molecule has 0 radical (unpaired) electrons. The molecular formula is C21H15N3O4S3. The first-order chi connectivity index (χ1) is 14.7. The highest BCUT2D eigenvalue weighted by Gasteiger charge is 2.22. The highest BCUT2D eigenvalue weighted by atomic mass is 32.2. The SMILES string of the molecule is CN(C)S(=O)(=O)c1ccc(C#Cc2cncc3cc(C=C4SC(=S)NC4=O)oc23)cc1. The van der Waals surface area contributed by atoms with E-state index >= 15 is 0 Å². The van der Waals surface area contributed by atoms with Crippen molar-refractivity contribution in [3.05, 3.63) is 64.5 Å². The van der Waals surface area contributed by atoms with Crippen molar-refractivity contribution < 1.29 is 17.6 Å². The maximum absolute atomic E-state index is 12.2. The number of fused-ring (bicyclic) bond motifs is 1. The van der Waals surface area contributed by atoms with E-state index in [0.29, 0.717) is 31.7 Å². The molecule has 1 amide bonds. The van der Waals surface area contributed by atoms with Crippen molar-refractivity contribution in [3.8, 4) is 11.8 Å². The maximum atomic E-state index is 12.2. The van der Waals surface area contributed by atoms with Crippen LogP contribution >= 0.6 is 24.0 Å². The third-order valence-electron chi connectivity index (χ3n) is 4.33. The monoisotopic (exact) mass is 469 g/mol. The Labute approximate surface area is 188 Å². The van der Waals surface area contributed by atoms with Crippen molar-refractivity contribution >= 4 is 61.3 Å². The summed E-state index contributed by atoms with van der Waals surface area (Å²) in [5.41, 5.74) is 1.77. The van der Waals surface area contributed by atoms with Gasteiger partial charge in [0.2, 0.25) is 10.0 Å². The number of nitrogens with one attached hydrogen (secondary N) is 1. The van der Waals surface area contributed by atoms with Crippen LogP contribution in [0.25, 0.3) is 17.0 Å². The quantitative estimate of drug-likeness (QED) is 0.358. The Morgan fingerprint density at radius 2 is 1.94 bits per heavy atom. The number of aromatic nitrogens is 1. The molecule has 0 spiro atoms. The lowest BCUT2D eigenvalue weighted by Crippen LogP contribution is -2.22. The summed E-state index contributed by atoms with van der Waals surface area (Å²) in [6.07, 6.45) is 4.87. The molecule has 4 rings (SSSR count). The summed E-state index contributed by atoms with van der Waals surface area (Å²) >= 11 is 6.17. The van der Waals surface area contributed by atoms with Gasteiger partial charge in [0.15, 0.2) is 5.58 Å². The highest BCUT2D eigenvalue weighted by molar-refractivity contribution is 8.26. The van der Waals surface area contributed by atoms with Crippen molar-refractivity contribution in [2.45, 2.75) is 4.90 Å². The van der Waals surface area contributed by atoms with Crippen LogP contribution in [0, 0.1) is 11.8 Å². The average molecular weight is 470 g/mol. The van der Waals surface area contributed by atoms with Crippen molar-refractivity contribution in [2.75, 3.05) is 14.1 Å². The third-order valence-corrected chi connectivity index (χ3v) is 7.32. The molecule has 1 saturated heterocycles. The lowest BCUT2D eigenvalue weighted by Gasteiger charge is -2.10. The first-order valence-electron chi connectivity index (χ1n) is 8.91. The van der Waals surface area contributed by atoms with Crippen LogP contribution in [0.3, 0.4) is 0 Å². The minimum Gasteiger partial charge on any atom is -0.455 e. The zero-order valence-electron chi connectivity index (χ0n) is 16.4. The molecule has 3 aromatic rings. The van der Waals surface area contributed by atoms with Gasteiger partial charge in [-0.2, -0.15) is 0 Å². The Balaban J connectivity index is 1.64. The van der Waals surface area contributed by atoms with E-state index in [9.17, 15) is 13.2 Å². The van der Waals surface area contributed by atoms with E-state index in [2.05, 4.69) is 22.1 Å². The van der Waals surface area contributed by atoms with Gasteiger partial charge >= 0.3 is 0 Å². The molecule has 1 N–H and O–H groups in total. The summed E-state index contributed by atoms with van der Waals surface area (Å²) in [6, 6.07) is 8.10. The van der Waals surface area contributed by atoms with E-state index in [1.54, 1.807) is 36.7 Å². The number of pyridine rings is 1. The van der Waals surface area contributed by atoms with Gasteiger partial charge in [0.25, 0.3) is 5.91 Å². The predicted octanol–water partition coefficient (Wildman–Crippen LogP) is 2.97. The fourth-order valence-electron chi connectivity index (χ4n) is 2.75. The molecular weight excluding hydrogens is 454 g/mol. The lowest BCUT2D eigenvalue weighted by atomic mass is 10.2. The molecule has 0 atom stereocenters. The Hall–Kier alpha value is -2.97. The fraction of sp³-hybridized carbons (Fsp3) is 0.0952. The number of thiocarbonyl (C=S) groups is 1. The number of thioether (sulfide) groups is 1. The van der Waals surface area contributed by atoms with Crippen molar-refractivity contribution in [1.29, 1.82) is 0 Å². The molecule has 3 heterocycles. The number of furan rings is 1. The molecule has 10 heteroatoms. The Morgan fingerprint density at radius 1 is 1.19 bits per heavy atom. The molecule has 0 bridgehead atoms. The van der Waals surface area contributed by atoms with Crippen LogP contribution in [0.1, 0.15) is 16.9 Å². The zero-order chi connectivity index (χ0) is 22.2. The Morgan fingerprint density at radius 3 is 2.58 bits per heavy atom. The number of sulfonamides is 1. The van der Waals surface area contributed by atoms with Crippen LogP contribution < -0.4 is 5.32 Å². The van der Waals surface area contributed by atoms with Crippen LogP contribution in [0.4, 0.5) is 0 Å². The number of amides is 1. The van der Waals surface area contributed by atoms with Gasteiger partial charge in [-0.1, -0.05) is 35.8 Å². The van der Waals surface area contributed by atoms with Crippen molar-refractivity contribution in [3.63, 3.8) is 0 Å². The third kappa shape index (κ3) is 4.40. The highest BCUT2D eigenvalue weighted by Crippen LogP contribution is 2.29. The Bertz CT molecular complexity index is 1410. The molecule has 0 unspecified atom stereocenters. The molecule has 0 aliphatic carbocycles. The average Bonchev–Trinajstić information content (AvgIpc) is 3.28. The second-order valence-electron chi connectivity index (χ2n) is 6.67. The van der Waals surface area contributed by atoms with E-state index in [1.807, 2.05) is 0 Å². The van der Waals surface area contributed by atoms with E-state index in [-0.39, 0.29) is 10.8 Å². The van der Waals surface area contributed by atoms with Gasteiger partial charge in [0.05, 0.1) is 15.4 Å². The van der Waals surface area contributed by atoms with E-state index in [4.69, 9.17) is 16.6 Å². The van der Waals surface area contributed by atoms with Crippen LogP contribution in [-0.2, 0) is 14.8 Å². The summed E-state index contributed by atoms with van der Waals surface area (Å²) in [5, 5.41) is 3.31. The van der Waals surface area contributed by atoms with E-state index in [1.165, 1.54) is 38.0 Å². The minimum absolute atomic E-state index is 0.198. The second kappa shape index (κ2) is 8.28. The maximum Gasteiger partial charge on any atom is 0.263 e. The zero-order valence-corrected chi connectivity index (χ0v) is 18.8. The van der Waals surface area contributed by atoms with Gasteiger partial charge in [-0.25, -0.2) is 12.7 Å². The summed E-state index contributed by atoms with van der Waals surface area (Å²) in [7, 11) is -0.523. The summed E-state index contributed by atoms with van der Waals surface area (Å²) < 4.78 is 31.8. The first-order valence-corrected chi connectivity index (χ1v) is 11.6. The largest absolute Gasteiger partial charge is 0.455 e. The van der Waals surface area contributed by atoms with E-state index in [0.717, 1.165) is 9.69 Å². The minimum atomic E-state index is -3.49. The molecule has 1 aromatic carbocycles. The topological polar surface area (TPSA) is 92.5 Å². The van der Waals surface area contributed by atoms with Crippen LogP contribution in [0.5, 0.6) is 0 Å². The van der Waals surface area contributed by atoms with Gasteiger partial charge in [-0.3, -0.25) is 9.78 Å². The molecule has 1 fully saturated rings. The van der Waals surface area contributed by atoms with Gasteiger partial charge in [0.1, 0.15) is 10.1 Å². The molecule has 156 valence electrons. The summed E-state index contributed by atoms with van der Waals surface area (Å²) in [6.45, 7) is 0. The molecule has 2 aromatic heterocycles. The van der Waals surface area contributed by atoms with Gasteiger partial charge in [-0.05, 0) is 30.3 Å². The van der Waals surface area contributed by atoms with E-state index < -0.39 is 10.0 Å². The second-order valence-corrected chi connectivity index (χ2v) is 10.5. The van der Waals surface area contributed by atoms with Crippen LogP contribution in [-0.4, -0.2) is 42.0 Å². The van der Waals surface area contributed by atoms with Gasteiger partial charge < -0.3 is 9.73 Å². The number of carbonyl (C=O) groups excluding carboxylic acids is 1. The molecule has 7 nitrogen and oxygen atoms in total. The Kier molecular flexibility index (Phi) is 5.68. The standard InChI is InChI=1S/C21H15N3O4S3/c1-24(2)31(26,27)17-7-4-13(5-8-17)3-6-14-11-22-12-15-9-16(28-19(14)15)10-18-20(25)23-21(29)30-18/h4-5,7-12H,1-2H3,(H,23,25,29). The molecule has 0 saturated carbocycles. The predicted molar refractivity (Wildman–Crippen MR) is 124 cm³/mol. The number of rotatable bonds is 3. The first kappa shape index (κ1) is 21.3. The molecule has 1 aliphatic heterocycles. The van der Waals surface area contributed by atoms with Crippen LogP contribution in [0.15, 0.2) is 56.9 Å². The number of carbonyl (C=O) groups is 1. The fourth-order valence-corrected chi connectivity index (χ4v) is 4.68. The summed E-state index contributed by atoms with van der Waals surface area (Å²) in [5.74, 6) is 6.25.